The van der Waals surface area contributed by atoms with Crippen LogP contribution in [-0.2, 0) is 0 Å². The molecule has 0 aliphatic heterocycles. The molecule has 0 spiro atoms. The maximum Gasteiger partial charge on any atom is 0.269 e. The lowest BCUT2D eigenvalue weighted by Gasteiger charge is -2.12. The molecule has 0 saturated carbocycles. The van der Waals surface area contributed by atoms with Crippen LogP contribution in [0, 0.1) is 6.92 Å². The van der Waals surface area contributed by atoms with Crippen molar-refractivity contribution in [1.29, 1.82) is 0 Å². The van der Waals surface area contributed by atoms with E-state index >= 15 is 0 Å². The highest BCUT2D eigenvalue weighted by Crippen LogP contribution is 2.15. The van der Waals surface area contributed by atoms with E-state index in [1.807, 2.05) is 31.2 Å². The summed E-state index contributed by atoms with van der Waals surface area (Å²) in [5.41, 5.74) is 8.99. The van der Waals surface area contributed by atoms with Gasteiger partial charge in [-0.15, -0.1) is 0 Å². The highest BCUT2D eigenvalue weighted by molar-refractivity contribution is 7.80. The van der Waals surface area contributed by atoms with Gasteiger partial charge in [-0.25, -0.2) is 0 Å². The minimum absolute atomic E-state index is 0.0340. The first-order valence-corrected chi connectivity index (χ1v) is 11.1. The lowest BCUT2D eigenvalue weighted by molar-refractivity contribution is 0.0934. The van der Waals surface area contributed by atoms with Crippen molar-refractivity contribution >= 4 is 40.7 Å². The average molecular weight is 475 g/mol. The summed E-state index contributed by atoms with van der Waals surface area (Å²) in [6, 6.07) is 20.9. The fraction of sp³-hybridized carbons (Fsp3) is 0.154. The van der Waals surface area contributed by atoms with Gasteiger partial charge in [0.2, 0.25) is 0 Å². The Bertz CT molecular complexity index is 1210. The van der Waals surface area contributed by atoms with E-state index in [1.165, 1.54) is 0 Å². The molecule has 174 valence electrons. The van der Waals surface area contributed by atoms with E-state index in [9.17, 15) is 14.4 Å². The van der Waals surface area contributed by atoms with Gasteiger partial charge in [-0.05, 0) is 79.2 Å². The van der Waals surface area contributed by atoms with Crippen LogP contribution >= 0.6 is 12.2 Å². The number of amides is 3. The SMILES string of the molecule is Cc1cccc(C(=O)Nc2ccc(C(=O)NNC(=S)NC(=O)c3ccc(C(C)C)cc3)cc2)c1. The minimum atomic E-state index is -0.450. The van der Waals surface area contributed by atoms with Crippen molar-refractivity contribution in [2.45, 2.75) is 26.7 Å². The maximum atomic E-state index is 12.4. The molecule has 3 amide bonds. The number of nitrogens with one attached hydrogen (secondary N) is 4. The van der Waals surface area contributed by atoms with E-state index in [-0.39, 0.29) is 16.9 Å². The van der Waals surface area contributed by atoms with Crippen molar-refractivity contribution in [3.63, 3.8) is 0 Å². The normalized spacial score (nSPS) is 10.4. The quantitative estimate of drug-likeness (QED) is 0.326. The zero-order chi connectivity index (χ0) is 24.7. The number of hydrogen-bond donors (Lipinski definition) is 4. The molecule has 0 bridgehead atoms. The van der Waals surface area contributed by atoms with Crippen LogP contribution in [0.1, 0.15) is 62.0 Å². The Morgan fingerprint density at radius 2 is 1.35 bits per heavy atom. The second kappa shape index (κ2) is 11.2. The van der Waals surface area contributed by atoms with E-state index in [1.54, 1.807) is 48.5 Å². The molecule has 0 saturated heterocycles. The van der Waals surface area contributed by atoms with Gasteiger partial charge in [0.15, 0.2) is 5.11 Å². The highest BCUT2D eigenvalue weighted by atomic mass is 32.1. The van der Waals surface area contributed by atoms with E-state index in [0.29, 0.717) is 28.3 Å². The highest BCUT2D eigenvalue weighted by Gasteiger charge is 2.11. The zero-order valence-electron chi connectivity index (χ0n) is 19.1. The number of carbonyl (C=O) groups excluding carboxylic acids is 3. The van der Waals surface area contributed by atoms with E-state index in [0.717, 1.165) is 11.1 Å². The fourth-order valence-corrected chi connectivity index (χ4v) is 3.25. The maximum absolute atomic E-state index is 12.4. The molecule has 0 aliphatic carbocycles. The summed E-state index contributed by atoms with van der Waals surface area (Å²) < 4.78 is 0. The number of thiocarbonyl (C=S) groups is 1. The molecular weight excluding hydrogens is 448 g/mol. The second-order valence-electron chi connectivity index (χ2n) is 8.04. The Morgan fingerprint density at radius 3 is 1.97 bits per heavy atom. The summed E-state index contributed by atoms with van der Waals surface area (Å²) in [5, 5.41) is 5.28. The van der Waals surface area contributed by atoms with Crippen molar-refractivity contribution in [2.75, 3.05) is 5.32 Å². The molecule has 3 aromatic carbocycles. The Labute approximate surface area is 203 Å². The summed E-state index contributed by atoms with van der Waals surface area (Å²) in [7, 11) is 0. The molecule has 0 heterocycles. The van der Waals surface area contributed by atoms with Gasteiger partial charge in [0.1, 0.15) is 0 Å². The third-order valence-corrected chi connectivity index (χ3v) is 5.25. The van der Waals surface area contributed by atoms with Crippen molar-refractivity contribution in [3.8, 4) is 0 Å². The smallest absolute Gasteiger partial charge is 0.269 e. The predicted molar refractivity (Wildman–Crippen MR) is 137 cm³/mol. The van der Waals surface area contributed by atoms with Gasteiger partial charge in [-0.1, -0.05) is 43.7 Å². The molecule has 3 aromatic rings. The molecule has 3 rings (SSSR count). The molecular formula is C26H26N4O3S. The Morgan fingerprint density at radius 1 is 0.735 bits per heavy atom. The zero-order valence-corrected chi connectivity index (χ0v) is 20.0. The first-order valence-electron chi connectivity index (χ1n) is 10.7. The molecule has 7 nitrogen and oxygen atoms in total. The lowest BCUT2D eigenvalue weighted by Crippen LogP contribution is -2.48. The van der Waals surface area contributed by atoms with Gasteiger partial charge >= 0.3 is 0 Å². The van der Waals surface area contributed by atoms with Gasteiger partial charge in [-0.2, -0.15) is 0 Å². The third-order valence-electron chi connectivity index (χ3n) is 5.04. The van der Waals surface area contributed by atoms with Crippen molar-refractivity contribution in [1.82, 2.24) is 16.2 Å². The van der Waals surface area contributed by atoms with Gasteiger partial charge in [-0.3, -0.25) is 30.6 Å². The Hall–Kier alpha value is -4.04. The van der Waals surface area contributed by atoms with Crippen LogP contribution in [0.25, 0.3) is 0 Å². The monoisotopic (exact) mass is 474 g/mol. The Balaban J connectivity index is 1.49. The van der Waals surface area contributed by atoms with Crippen LogP contribution in [0.2, 0.25) is 0 Å². The van der Waals surface area contributed by atoms with Crippen molar-refractivity contribution in [3.05, 3.63) is 101 Å². The summed E-state index contributed by atoms with van der Waals surface area (Å²) in [6.07, 6.45) is 0. The van der Waals surface area contributed by atoms with Crippen LogP contribution in [0.3, 0.4) is 0 Å². The topological polar surface area (TPSA) is 99.3 Å². The van der Waals surface area contributed by atoms with E-state index in [2.05, 4.69) is 35.3 Å². The largest absolute Gasteiger partial charge is 0.322 e. The fourth-order valence-electron chi connectivity index (χ4n) is 3.11. The third kappa shape index (κ3) is 6.73. The van der Waals surface area contributed by atoms with E-state index < -0.39 is 5.91 Å². The molecule has 0 aromatic heterocycles. The van der Waals surface area contributed by atoms with Crippen LogP contribution in [0.4, 0.5) is 5.69 Å². The number of hydrazine groups is 1. The second-order valence-corrected chi connectivity index (χ2v) is 8.45. The standard InChI is InChI=1S/C26H26N4O3S/c1-16(2)18-7-9-19(10-8-18)23(31)28-26(34)30-29-25(33)20-11-13-22(14-12-20)27-24(32)21-6-4-5-17(3)15-21/h4-16H,1-3H3,(H,27,32)(H,29,33)(H2,28,30,31,34). The summed E-state index contributed by atoms with van der Waals surface area (Å²) in [4.78, 5) is 37.0. The van der Waals surface area contributed by atoms with Gasteiger partial charge in [0, 0.05) is 22.4 Å². The number of aryl methyl sites for hydroxylation is 1. The molecule has 34 heavy (non-hydrogen) atoms. The predicted octanol–water partition coefficient (Wildman–Crippen LogP) is 4.32. The van der Waals surface area contributed by atoms with Crippen LogP contribution < -0.4 is 21.5 Å². The number of rotatable bonds is 5. The summed E-state index contributed by atoms with van der Waals surface area (Å²) in [5.74, 6) is -0.693. The average Bonchev–Trinajstić information content (AvgIpc) is 2.83. The lowest BCUT2D eigenvalue weighted by atomic mass is 10.0. The summed E-state index contributed by atoms with van der Waals surface area (Å²) in [6.45, 7) is 6.07. The molecule has 8 heteroatoms. The molecule has 0 radical (unpaired) electrons. The number of anilines is 1. The van der Waals surface area contributed by atoms with E-state index in [4.69, 9.17) is 12.2 Å². The molecule has 0 unspecified atom stereocenters. The van der Waals surface area contributed by atoms with Crippen molar-refractivity contribution in [2.24, 2.45) is 0 Å². The van der Waals surface area contributed by atoms with Gasteiger partial charge < -0.3 is 5.32 Å². The first kappa shape index (κ1) is 24.6. The van der Waals surface area contributed by atoms with Gasteiger partial charge in [0.25, 0.3) is 17.7 Å². The minimum Gasteiger partial charge on any atom is -0.322 e. The first-order chi connectivity index (χ1) is 16.2. The molecule has 0 aliphatic rings. The summed E-state index contributed by atoms with van der Waals surface area (Å²) >= 11 is 5.08. The number of hydrogen-bond acceptors (Lipinski definition) is 4. The number of carbonyl (C=O) groups is 3. The molecule has 0 fully saturated rings. The molecule has 0 atom stereocenters. The van der Waals surface area contributed by atoms with Crippen molar-refractivity contribution < 1.29 is 14.4 Å². The van der Waals surface area contributed by atoms with Crippen LogP contribution in [0.15, 0.2) is 72.8 Å². The van der Waals surface area contributed by atoms with Crippen LogP contribution in [-0.4, -0.2) is 22.8 Å². The van der Waals surface area contributed by atoms with Gasteiger partial charge in [0.05, 0.1) is 0 Å². The van der Waals surface area contributed by atoms with Crippen LogP contribution in [0.5, 0.6) is 0 Å². The number of benzene rings is 3. The molecule has 4 N–H and O–H groups in total. The Kier molecular flexibility index (Phi) is 8.10.